The Balaban J connectivity index is 2.26. The predicted molar refractivity (Wildman–Crippen MR) is 63.5 cm³/mol. The first-order valence-electron chi connectivity index (χ1n) is 6.33. The van der Waals surface area contributed by atoms with E-state index in [0.717, 1.165) is 19.3 Å². The minimum atomic E-state index is -0.715. The van der Waals surface area contributed by atoms with Crippen LogP contribution in [0.3, 0.4) is 0 Å². The van der Waals surface area contributed by atoms with Gasteiger partial charge in [0, 0.05) is 0 Å². The van der Waals surface area contributed by atoms with Gasteiger partial charge >= 0.3 is 11.9 Å². The topological polar surface area (TPSA) is 74.6 Å². The van der Waals surface area contributed by atoms with Gasteiger partial charge in [-0.3, -0.25) is 9.59 Å². The molecule has 0 saturated heterocycles. The van der Waals surface area contributed by atoms with Crippen LogP contribution in [0, 0.1) is 17.8 Å². The van der Waals surface area contributed by atoms with Crippen molar-refractivity contribution in [2.75, 3.05) is 0 Å². The second kappa shape index (κ2) is 6.62. The van der Waals surface area contributed by atoms with Crippen molar-refractivity contribution in [3.05, 3.63) is 5.92 Å². The van der Waals surface area contributed by atoms with Crippen LogP contribution in [0.1, 0.15) is 51.9 Å². The number of carboxylic acid groups (broad SMARTS) is 2. The van der Waals surface area contributed by atoms with E-state index in [1.54, 1.807) is 0 Å². The van der Waals surface area contributed by atoms with Crippen LogP contribution in [-0.2, 0) is 9.59 Å². The Labute approximate surface area is 102 Å². The molecule has 0 aromatic rings. The molecule has 0 aromatic carbocycles. The first-order valence-corrected chi connectivity index (χ1v) is 6.33. The smallest absolute Gasteiger partial charge is 0.306 e. The molecular formula is C13H21O4. The maximum absolute atomic E-state index is 10.9. The Bertz CT molecular complexity index is 267. The summed E-state index contributed by atoms with van der Waals surface area (Å²) in [5.41, 5.74) is 0. The normalized spacial score (nSPS) is 20.1. The lowest BCUT2D eigenvalue weighted by atomic mass is 9.79. The first kappa shape index (κ1) is 14.0. The van der Waals surface area contributed by atoms with E-state index in [2.05, 4.69) is 0 Å². The third kappa shape index (κ3) is 4.36. The number of rotatable bonds is 6. The number of aliphatic carboxylic acids is 2. The summed E-state index contributed by atoms with van der Waals surface area (Å²) >= 11 is 0. The highest BCUT2D eigenvalue weighted by Crippen LogP contribution is 2.34. The molecular weight excluding hydrogens is 220 g/mol. The Hall–Kier alpha value is -1.06. The minimum absolute atomic E-state index is 0.194. The molecule has 1 unspecified atom stereocenters. The van der Waals surface area contributed by atoms with Crippen LogP contribution in [0.4, 0.5) is 0 Å². The Kier molecular flexibility index (Phi) is 5.45. The van der Waals surface area contributed by atoms with E-state index >= 15 is 0 Å². The van der Waals surface area contributed by atoms with Crippen molar-refractivity contribution in [2.24, 2.45) is 11.8 Å². The van der Waals surface area contributed by atoms with E-state index in [1.165, 1.54) is 5.92 Å². The van der Waals surface area contributed by atoms with Gasteiger partial charge in [-0.15, -0.1) is 0 Å². The molecule has 1 radical (unpaired) electrons. The third-order valence-corrected chi connectivity index (χ3v) is 3.73. The average Bonchev–Trinajstić information content (AvgIpc) is 2.30. The molecule has 0 aliphatic heterocycles. The lowest BCUT2D eigenvalue weighted by Gasteiger charge is -2.26. The Morgan fingerprint density at radius 2 is 1.88 bits per heavy atom. The maximum atomic E-state index is 10.9. The van der Waals surface area contributed by atoms with Crippen LogP contribution in [-0.4, -0.2) is 22.2 Å². The molecule has 1 rings (SSSR count). The fourth-order valence-corrected chi connectivity index (χ4v) is 2.40. The van der Waals surface area contributed by atoms with E-state index in [1.807, 2.05) is 6.92 Å². The van der Waals surface area contributed by atoms with Crippen LogP contribution < -0.4 is 0 Å². The van der Waals surface area contributed by atoms with Crippen molar-refractivity contribution < 1.29 is 19.8 Å². The van der Waals surface area contributed by atoms with E-state index in [-0.39, 0.29) is 11.8 Å². The molecule has 1 fully saturated rings. The molecule has 97 valence electrons. The highest BCUT2D eigenvalue weighted by atomic mass is 16.4. The summed E-state index contributed by atoms with van der Waals surface area (Å²) in [5.74, 6) is -0.504. The molecule has 2 N–H and O–H groups in total. The monoisotopic (exact) mass is 241 g/mol. The van der Waals surface area contributed by atoms with Crippen molar-refractivity contribution in [1.82, 2.24) is 0 Å². The second-order valence-corrected chi connectivity index (χ2v) is 4.84. The Morgan fingerprint density at radius 3 is 2.29 bits per heavy atom. The van der Waals surface area contributed by atoms with Crippen LogP contribution in [0.15, 0.2) is 0 Å². The van der Waals surface area contributed by atoms with Gasteiger partial charge in [-0.25, -0.2) is 0 Å². The summed E-state index contributed by atoms with van der Waals surface area (Å²) in [7, 11) is 0. The molecule has 17 heavy (non-hydrogen) atoms. The molecule has 1 aliphatic rings. The van der Waals surface area contributed by atoms with Gasteiger partial charge in [-0.1, -0.05) is 6.92 Å². The fourth-order valence-electron chi connectivity index (χ4n) is 2.40. The van der Waals surface area contributed by atoms with E-state index < -0.39 is 11.9 Å². The quantitative estimate of drug-likeness (QED) is 0.749. The zero-order valence-corrected chi connectivity index (χ0v) is 10.3. The minimum Gasteiger partial charge on any atom is -0.481 e. The number of carbonyl (C=O) groups is 2. The van der Waals surface area contributed by atoms with Crippen molar-refractivity contribution in [1.29, 1.82) is 0 Å². The van der Waals surface area contributed by atoms with Crippen molar-refractivity contribution in [2.45, 2.75) is 51.9 Å². The fraction of sp³-hybridized carbons (Fsp3) is 0.769. The van der Waals surface area contributed by atoms with Crippen LogP contribution in [0.25, 0.3) is 0 Å². The number of carboxylic acids is 2. The maximum Gasteiger partial charge on any atom is 0.306 e. The summed E-state index contributed by atoms with van der Waals surface area (Å²) in [6.45, 7) is 1.89. The lowest BCUT2D eigenvalue weighted by Crippen LogP contribution is -2.21. The van der Waals surface area contributed by atoms with Gasteiger partial charge in [0.2, 0.25) is 0 Å². The molecule has 1 saturated carbocycles. The molecule has 0 aromatic heterocycles. The van der Waals surface area contributed by atoms with Gasteiger partial charge in [-0.05, 0) is 50.9 Å². The van der Waals surface area contributed by atoms with Gasteiger partial charge in [0.1, 0.15) is 0 Å². The zero-order valence-electron chi connectivity index (χ0n) is 10.3. The predicted octanol–water partition coefficient (Wildman–Crippen LogP) is 2.73. The van der Waals surface area contributed by atoms with E-state index in [0.29, 0.717) is 25.7 Å². The largest absolute Gasteiger partial charge is 0.481 e. The second-order valence-electron chi connectivity index (χ2n) is 4.84. The third-order valence-electron chi connectivity index (χ3n) is 3.73. The summed E-state index contributed by atoms with van der Waals surface area (Å²) in [4.78, 5) is 21.6. The van der Waals surface area contributed by atoms with Crippen LogP contribution >= 0.6 is 0 Å². The van der Waals surface area contributed by atoms with Crippen LogP contribution in [0.2, 0.25) is 0 Å². The molecule has 0 heterocycles. The van der Waals surface area contributed by atoms with Crippen molar-refractivity contribution in [3.8, 4) is 0 Å². The SMILES string of the molecule is CCC(CC[C]1CCC(C(=O)O)CC1)C(=O)O. The lowest BCUT2D eigenvalue weighted by molar-refractivity contribution is -0.143. The van der Waals surface area contributed by atoms with Gasteiger partial charge in [0.15, 0.2) is 0 Å². The zero-order chi connectivity index (χ0) is 12.8. The van der Waals surface area contributed by atoms with E-state index in [4.69, 9.17) is 10.2 Å². The Morgan fingerprint density at radius 1 is 1.29 bits per heavy atom. The highest BCUT2D eigenvalue weighted by Gasteiger charge is 2.27. The summed E-state index contributed by atoms with van der Waals surface area (Å²) < 4.78 is 0. The van der Waals surface area contributed by atoms with E-state index in [9.17, 15) is 9.59 Å². The van der Waals surface area contributed by atoms with Crippen molar-refractivity contribution in [3.63, 3.8) is 0 Å². The summed E-state index contributed by atoms with van der Waals surface area (Å²) in [6, 6.07) is 0. The molecule has 4 nitrogen and oxygen atoms in total. The van der Waals surface area contributed by atoms with Crippen molar-refractivity contribution >= 4 is 11.9 Å². The summed E-state index contributed by atoms with van der Waals surface area (Å²) in [5, 5.41) is 17.8. The molecule has 0 amide bonds. The van der Waals surface area contributed by atoms with Gasteiger partial charge in [0.25, 0.3) is 0 Å². The molecule has 1 atom stereocenters. The first-order chi connectivity index (χ1) is 8.04. The molecule has 1 aliphatic carbocycles. The van der Waals surface area contributed by atoms with Gasteiger partial charge in [0.05, 0.1) is 11.8 Å². The number of hydrogen-bond acceptors (Lipinski definition) is 2. The molecule has 0 spiro atoms. The molecule has 4 heteroatoms. The standard InChI is InChI=1S/C13H21O4/c1-2-10(12(14)15)6-3-9-4-7-11(8-5-9)13(16)17/h10-11H,2-8H2,1H3,(H,14,15)(H,16,17). The number of hydrogen-bond donors (Lipinski definition) is 2. The molecule has 0 bridgehead atoms. The van der Waals surface area contributed by atoms with Gasteiger partial charge in [-0.2, -0.15) is 0 Å². The summed E-state index contributed by atoms with van der Waals surface area (Å²) in [6.07, 6.45) is 5.35. The highest BCUT2D eigenvalue weighted by molar-refractivity contribution is 5.70. The van der Waals surface area contributed by atoms with Crippen LogP contribution in [0.5, 0.6) is 0 Å². The van der Waals surface area contributed by atoms with Gasteiger partial charge < -0.3 is 10.2 Å². The average molecular weight is 241 g/mol.